The molecule has 0 radical (unpaired) electrons. The van der Waals surface area contributed by atoms with Gasteiger partial charge < -0.3 is 0 Å². The standard InChI is InChI=1S/C15H19N3/c1-11-4-3-5-13(8-11)10-14-16-15-9-12(2)6-7-18(15)17-14/h3-5,8,12H,6-7,9-10H2,1-2H3. The molecule has 0 fully saturated rings. The van der Waals surface area contributed by atoms with Crippen molar-refractivity contribution in [1.82, 2.24) is 14.8 Å². The summed E-state index contributed by atoms with van der Waals surface area (Å²) in [5.41, 5.74) is 2.59. The minimum Gasteiger partial charge on any atom is -0.250 e. The Labute approximate surface area is 108 Å². The van der Waals surface area contributed by atoms with Crippen molar-refractivity contribution >= 4 is 0 Å². The average Bonchev–Trinajstić information content (AvgIpc) is 2.70. The molecule has 2 aromatic rings. The zero-order valence-corrected chi connectivity index (χ0v) is 11.1. The lowest BCUT2D eigenvalue weighted by Crippen LogP contribution is -2.18. The lowest BCUT2D eigenvalue weighted by Gasteiger charge is -2.17. The van der Waals surface area contributed by atoms with Crippen LogP contribution in [0.25, 0.3) is 0 Å². The summed E-state index contributed by atoms with van der Waals surface area (Å²) in [6, 6.07) is 8.58. The summed E-state index contributed by atoms with van der Waals surface area (Å²) in [7, 11) is 0. The maximum absolute atomic E-state index is 4.68. The van der Waals surface area contributed by atoms with Gasteiger partial charge in [-0.1, -0.05) is 36.8 Å². The predicted octanol–water partition coefficient (Wildman–Crippen LogP) is 2.76. The molecule has 1 atom stereocenters. The van der Waals surface area contributed by atoms with Crippen LogP contribution < -0.4 is 0 Å². The minimum atomic E-state index is 0.744. The topological polar surface area (TPSA) is 30.7 Å². The summed E-state index contributed by atoms with van der Waals surface area (Å²) in [5.74, 6) is 2.87. The Morgan fingerprint density at radius 3 is 3.11 bits per heavy atom. The zero-order valence-electron chi connectivity index (χ0n) is 11.1. The van der Waals surface area contributed by atoms with Gasteiger partial charge >= 0.3 is 0 Å². The van der Waals surface area contributed by atoms with E-state index < -0.39 is 0 Å². The normalized spacial score (nSPS) is 18.7. The molecule has 0 amide bonds. The molecule has 0 aliphatic carbocycles. The van der Waals surface area contributed by atoms with E-state index in [0.29, 0.717) is 0 Å². The molecule has 3 nitrogen and oxygen atoms in total. The van der Waals surface area contributed by atoms with Crippen molar-refractivity contribution in [3.8, 4) is 0 Å². The zero-order chi connectivity index (χ0) is 12.5. The van der Waals surface area contributed by atoms with E-state index in [-0.39, 0.29) is 0 Å². The van der Waals surface area contributed by atoms with Gasteiger partial charge in [-0.05, 0) is 24.8 Å². The first-order valence-corrected chi connectivity index (χ1v) is 6.69. The van der Waals surface area contributed by atoms with Gasteiger partial charge in [0, 0.05) is 19.4 Å². The Balaban J connectivity index is 1.82. The van der Waals surface area contributed by atoms with Crippen molar-refractivity contribution in [2.75, 3.05) is 0 Å². The second-order valence-corrected chi connectivity index (χ2v) is 5.43. The van der Waals surface area contributed by atoms with Crippen LogP contribution >= 0.6 is 0 Å². The van der Waals surface area contributed by atoms with Crippen LogP contribution in [-0.2, 0) is 19.4 Å². The SMILES string of the molecule is Cc1cccc(Cc2nc3n(n2)CCC(C)C3)c1. The van der Waals surface area contributed by atoms with E-state index in [9.17, 15) is 0 Å². The summed E-state index contributed by atoms with van der Waals surface area (Å²) in [6.07, 6.45) is 3.14. The van der Waals surface area contributed by atoms with Gasteiger partial charge in [0.05, 0.1) is 0 Å². The summed E-state index contributed by atoms with van der Waals surface area (Å²) in [4.78, 5) is 4.68. The first kappa shape index (κ1) is 11.5. The van der Waals surface area contributed by atoms with Crippen molar-refractivity contribution in [2.45, 2.75) is 39.7 Å². The van der Waals surface area contributed by atoms with E-state index >= 15 is 0 Å². The molecule has 1 aliphatic heterocycles. The number of fused-ring (bicyclic) bond motifs is 1. The van der Waals surface area contributed by atoms with Gasteiger partial charge in [0.1, 0.15) is 5.82 Å². The summed E-state index contributed by atoms with van der Waals surface area (Å²) < 4.78 is 2.09. The number of nitrogens with zero attached hydrogens (tertiary/aromatic N) is 3. The first-order valence-electron chi connectivity index (χ1n) is 6.69. The molecule has 0 spiro atoms. The number of aryl methyl sites for hydroxylation is 2. The van der Waals surface area contributed by atoms with E-state index in [2.05, 4.69) is 52.9 Å². The highest BCUT2D eigenvalue weighted by Gasteiger charge is 2.18. The Bertz CT molecular complexity index is 557. The molecule has 2 heterocycles. The average molecular weight is 241 g/mol. The quantitative estimate of drug-likeness (QED) is 0.809. The monoisotopic (exact) mass is 241 g/mol. The molecule has 1 aliphatic rings. The number of hydrogen-bond donors (Lipinski definition) is 0. The molecule has 18 heavy (non-hydrogen) atoms. The Morgan fingerprint density at radius 1 is 1.39 bits per heavy atom. The third kappa shape index (κ3) is 2.30. The highest BCUT2D eigenvalue weighted by atomic mass is 15.3. The van der Waals surface area contributed by atoms with Gasteiger partial charge in [0.25, 0.3) is 0 Å². The van der Waals surface area contributed by atoms with Crippen LogP contribution in [0.5, 0.6) is 0 Å². The first-order chi connectivity index (χ1) is 8.70. The molecular weight excluding hydrogens is 222 g/mol. The smallest absolute Gasteiger partial charge is 0.155 e. The molecule has 1 unspecified atom stereocenters. The number of aromatic nitrogens is 3. The van der Waals surface area contributed by atoms with Gasteiger partial charge in [0.2, 0.25) is 0 Å². The van der Waals surface area contributed by atoms with E-state index in [1.165, 1.54) is 17.5 Å². The Hall–Kier alpha value is -1.64. The maximum atomic E-state index is 4.68. The third-order valence-corrected chi connectivity index (χ3v) is 3.60. The molecule has 1 aromatic heterocycles. The molecule has 1 aromatic carbocycles. The lowest BCUT2D eigenvalue weighted by atomic mass is 10.0. The lowest BCUT2D eigenvalue weighted by molar-refractivity contribution is 0.385. The second-order valence-electron chi connectivity index (χ2n) is 5.43. The van der Waals surface area contributed by atoms with Crippen LogP contribution in [0.3, 0.4) is 0 Å². The number of benzene rings is 1. The van der Waals surface area contributed by atoms with Crippen LogP contribution in [0.1, 0.15) is 36.1 Å². The number of rotatable bonds is 2. The van der Waals surface area contributed by atoms with Crippen LogP contribution in [0.15, 0.2) is 24.3 Å². The summed E-state index contributed by atoms with van der Waals surface area (Å²) in [5, 5.41) is 4.62. The van der Waals surface area contributed by atoms with Gasteiger partial charge in [-0.2, -0.15) is 5.10 Å². The van der Waals surface area contributed by atoms with E-state index in [0.717, 1.165) is 37.0 Å². The van der Waals surface area contributed by atoms with Crippen molar-refractivity contribution in [2.24, 2.45) is 5.92 Å². The minimum absolute atomic E-state index is 0.744. The molecule has 0 N–H and O–H groups in total. The van der Waals surface area contributed by atoms with Gasteiger partial charge in [-0.3, -0.25) is 0 Å². The fourth-order valence-corrected chi connectivity index (χ4v) is 2.59. The van der Waals surface area contributed by atoms with Crippen molar-refractivity contribution in [3.05, 3.63) is 47.0 Å². The molecule has 94 valence electrons. The van der Waals surface area contributed by atoms with Crippen LogP contribution in [0.2, 0.25) is 0 Å². The van der Waals surface area contributed by atoms with Crippen molar-refractivity contribution in [3.63, 3.8) is 0 Å². The predicted molar refractivity (Wildman–Crippen MR) is 71.5 cm³/mol. The van der Waals surface area contributed by atoms with Crippen LogP contribution in [0.4, 0.5) is 0 Å². The van der Waals surface area contributed by atoms with Gasteiger partial charge in [0.15, 0.2) is 5.82 Å². The third-order valence-electron chi connectivity index (χ3n) is 3.60. The van der Waals surface area contributed by atoms with Crippen molar-refractivity contribution in [1.29, 1.82) is 0 Å². The fraction of sp³-hybridized carbons (Fsp3) is 0.467. The van der Waals surface area contributed by atoms with E-state index in [4.69, 9.17) is 0 Å². The molecule has 0 bridgehead atoms. The Morgan fingerprint density at radius 2 is 2.28 bits per heavy atom. The molecule has 3 rings (SSSR count). The fourth-order valence-electron chi connectivity index (χ4n) is 2.59. The largest absolute Gasteiger partial charge is 0.250 e. The van der Waals surface area contributed by atoms with Gasteiger partial charge in [-0.15, -0.1) is 0 Å². The second kappa shape index (κ2) is 4.56. The van der Waals surface area contributed by atoms with Crippen LogP contribution in [-0.4, -0.2) is 14.8 Å². The molecule has 0 saturated carbocycles. The van der Waals surface area contributed by atoms with E-state index in [1.807, 2.05) is 0 Å². The highest BCUT2D eigenvalue weighted by Crippen LogP contribution is 2.18. The number of hydrogen-bond acceptors (Lipinski definition) is 2. The molecule has 0 saturated heterocycles. The van der Waals surface area contributed by atoms with E-state index in [1.54, 1.807) is 0 Å². The molecular formula is C15H19N3. The Kier molecular flexibility index (Phi) is 2.90. The van der Waals surface area contributed by atoms with Crippen LogP contribution in [0, 0.1) is 12.8 Å². The highest BCUT2D eigenvalue weighted by molar-refractivity contribution is 5.24. The maximum Gasteiger partial charge on any atom is 0.155 e. The van der Waals surface area contributed by atoms with Gasteiger partial charge in [-0.25, -0.2) is 9.67 Å². The van der Waals surface area contributed by atoms with Crippen molar-refractivity contribution < 1.29 is 0 Å². The summed E-state index contributed by atoms with van der Waals surface area (Å²) in [6.45, 7) is 5.44. The molecule has 3 heteroatoms. The summed E-state index contributed by atoms with van der Waals surface area (Å²) >= 11 is 0.